The van der Waals surface area contributed by atoms with Crippen molar-refractivity contribution in [1.82, 2.24) is 15.5 Å². The van der Waals surface area contributed by atoms with Crippen molar-refractivity contribution in [3.63, 3.8) is 0 Å². The fourth-order valence-electron chi connectivity index (χ4n) is 2.49. The van der Waals surface area contributed by atoms with Gasteiger partial charge in [0.1, 0.15) is 12.3 Å². The van der Waals surface area contributed by atoms with E-state index in [1.165, 1.54) is 5.56 Å². The number of hydrogen-bond donors (Lipinski definition) is 2. The lowest BCUT2D eigenvalue weighted by molar-refractivity contribution is -0.127. The van der Waals surface area contributed by atoms with Crippen molar-refractivity contribution in [2.24, 2.45) is 4.99 Å². The molecule has 1 aromatic rings. The lowest BCUT2D eigenvalue weighted by Crippen LogP contribution is -2.44. The van der Waals surface area contributed by atoms with E-state index in [9.17, 15) is 4.79 Å². The predicted octanol–water partition coefficient (Wildman–Crippen LogP) is 1.58. The number of benzene rings is 1. The second kappa shape index (κ2) is 9.71. The SMILES string of the molecule is COc1ccc(CCNC(=NCC(=O)N(C)C)NC2CC=CC2)cc1. The number of nitrogens with zero attached hydrogens (tertiary/aromatic N) is 2. The maximum absolute atomic E-state index is 11.8. The Morgan fingerprint density at radius 1 is 1.24 bits per heavy atom. The molecule has 0 unspecified atom stereocenters. The number of nitrogens with one attached hydrogen (secondary N) is 2. The second-order valence-electron chi connectivity index (χ2n) is 6.26. The summed E-state index contributed by atoms with van der Waals surface area (Å²) in [5.74, 6) is 1.54. The summed E-state index contributed by atoms with van der Waals surface area (Å²) in [6, 6.07) is 8.38. The summed E-state index contributed by atoms with van der Waals surface area (Å²) in [5, 5.41) is 6.73. The maximum atomic E-state index is 11.8. The molecule has 0 atom stereocenters. The number of likely N-dealkylation sites (N-methyl/N-ethyl adjacent to an activating group) is 1. The van der Waals surface area contributed by atoms with Crippen LogP contribution in [0.3, 0.4) is 0 Å². The van der Waals surface area contributed by atoms with Gasteiger partial charge in [-0.2, -0.15) is 0 Å². The largest absolute Gasteiger partial charge is 0.497 e. The van der Waals surface area contributed by atoms with Crippen LogP contribution in [0.1, 0.15) is 18.4 Å². The standard InChI is InChI=1S/C19H28N4O2/c1-23(2)18(24)14-21-19(22-16-6-4-5-7-16)20-13-12-15-8-10-17(25-3)11-9-15/h4-5,8-11,16H,6-7,12-14H2,1-3H3,(H2,20,21,22). The van der Waals surface area contributed by atoms with E-state index in [0.29, 0.717) is 12.0 Å². The van der Waals surface area contributed by atoms with E-state index in [0.717, 1.165) is 31.6 Å². The molecule has 2 N–H and O–H groups in total. The van der Waals surface area contributed by atoms with Gasteiger partial charge in [-0.1, -0.05) is 24.3 Å². The van der Waals surface area contributed by atoms with Crippen molar-refractivity contribution in [2.75, 3.05) is 34.3 Å². The number of guanidine groups is 1. The highest BCUT2D eigenvalue weighted by atomic mass is 16.5. The zero-order valence-corrected chi connectivity index (χ0v) is 15.3. The Hall–Kier alpha value is -2.50. The zero-order chi connectivity index (χ0) is 18.1. The number of ether oxygens (including phenoxy) is 1. The van der Waals surface area contributed by atoms with E-state index in [1.807, 2.05) is 12.1 Å². The van der Waals surface area contributed by atoms with Crippen molar-refractivity contribution < 1.29 is 9.53 Å². The first-order valence-corrected chi connectivity index (χ1v) is 8.61. The molecule has 2 rings (SSSR count). The molecule has 6 heteroatoms. The first-order valence-electron chi connectivity index (χ1n) is 8.61. The summed E-state index contributed by atoms with van der Waals surface area (Å²) >= 11 is 0. The van der Waals surface area contributed by atoms with Crippen molar-refractivity contribution >= 4 is 11.9 Å². The summed E-state index contributed by atoms with van der Waals surface area (Å²) in [6.07, 6.45) is 7.17. The third-order valence-electron chi connectivity index (χ3n) is 4.09. The Balaban J connectivity index is 1.87. The minimum Gasteiger partial charge on any atom is -0.497 e. The van der Waals surface area contributed by atoms with Crippen LogP contribution >= 0.6 is 0 Å². The van der Waals surface area contributed by atoms with Gasteiger partial charge in [0.15, 0.2) is 5.96 Å². The molecule has 0 fully saturated rings. The molecule has 6 nitrogen and oxygen atoms in total. The normalized spacial score (nSPS) is 14.4. The van der Waals surface area contributed by atoms with Gasteiger partial charge in [-0.05, 0) is 37.0 Å². The Morgan fingerprint density at radius 2 is 1.92 bits per heavy atom. The number of carbonyl (C=O) groups excluding carboxylic acids is 1. The van der Waals surface area contributed by atoms with Crippen LogP contribution in [0.5, 0.6) is 5.75 Å². The molecule has 0 saturated carbocycles. The third-order valence-corrected chi connectivity index (χ3v) is 4.09. The minimum atomic E-state index is -0.0131. The van der Waals surface area contributed by atoms with Crippen molar-refractivity contribution in [1.29, 1.82) is 0 Å². The fraction of sp³-hybridized carbons (Fsp3) is 0.474. The number of carbonyl (C=O) groups is 1. The highest BCUT2D eigenvalue weighted by molar-refractivity contribution is 5.85. The predicted molar refractivity (Wildman–Crippen MR) is 101 cm³/mol. The first-order chi connectivity index (χ1) is 12.1. The monoisotopic (exact) mass is 344 g/mol. The molecule has 1 aliphatic rings. The fourth-order valence-corrected chi connectivity index (χ4v) is 2.49. The van der Waals surface area contributed by atoms with E-state index < -0.39 is 0 Å². The van der Waals surface area contributed by atoms with Crippen molar-refractivity contribution in [3.8, 4) is 5.75 Å². The number of rotatable bonds is 7. The molecule has 1 aromatic carbocycles. The molecule has 1 amide bonds. The van der Waals surface area contributed by atoms with Gasteiger partial charge in [0.05, 0.1) is 7.11 Å². The lowest BCUT2D eigenvalue weighted by atomic mass is 10.1. The Morgan fingerprint density at radius 3 is 2.52 bits per heavy atom. The van der Waals surface area contributed by atoms with Gasteiger partial charge in [-0.15, -0.1) is 0 Å². The van der Waals surface area contributed by atoms with Gasteiger partial charge in [0, 0.05) is 26.7 Å². The Bertz CT molecular complexity index is 600. The van der Waals surface area contributed by atoms with E-state index >= 15 is 0 Å². The van der Waals surface area contributed by atoms with E-state index in [1.54, 1.807) is 26.1 Å². The van der Waals surface area contributed by atoms with Crippen LogP contribution in [0.4, 0.5) is 0 Å². The van der Waals surface area contributed by atoms with Gasteiger partial charge in [-0.3, -0.25) is 4.79 Å². The van der Waals surface area contributed by atoms with Gasteiger partial charge in [0.2, 0.25) is 5.91 Å². The number of aliphatic imine (C=N–C) groups is 1. The van der Waals surface area contributed by atoms with E-state index in [2.05, 4.69) is 39.9 Å². The van der Waals surface area contributed by atoms with Crippen LogP contribution < -0.4 is 15.4 Å². The molecule has 0 aromatic heterocycles. The molecule has 25 heavy (non-hydrogen) atoms. The van der Waals surface area contributed by atoms with Crippen LogP contribution in [0.15, 0.2) is 41.4 Å². The van der Waals surface area contributed by atoms with Gasteiger partial charge in [0.25, 0.3) is 0 Å². The molecule has 0 bridgehead atoms. The molecule has 0 heterocycles. The average Bonchev–Trinajstić information content (AvgIpc) is 3.12. The van der Waals surface area contributed by atoms with Gasteiger partial charge >= 0.3 is 0 Å². The van der Waals surface area contributed by atoms with Crippen molar-refractivity contribution in [3.05, 3.63) is 42.0 Å². The molecule has 0 radical (unpaired) electrons. The topological polar surface area (TPSA) is 66.0 Å². The van der Waals surface area contributed by atoms with E-state index in [-0.39, 0.29) is 12.5 Å². The molecule has 136 valence electrons. The summed E-state index contributed by atoms with van der Waals surface area (Å²) in [5.41, 5.74) is 1.22. The number of methoxy groups -OCH3 is 1. The Labute approximate surface area is 150 Å². The van der Waals surface area contributed by atoms with E-state index in [4.69, 9.17) is 4.74 Å². The third kappa shape index (κ3) is 6.49. The van der Waals surface area contributed by atoms with Crippen LogP contribution in [-0.2, 0) is 11.2 Å². The highest BCUT2D eigenvalue weighted by Crippen LogP contribution is 2.11. The molecular formula is C19H28N4O2. The minimum absolute atomic E-state index is 0.0131. The van der Waals surface area contributed by atoms with Crippen LogP contribution in [0.25, 0.3) is 0 Å². The van der Waals surface area contributed by atoms with Crippen LogP contribution in [-0.4, -0.2) is 57.1 Å². The molecule has 0 spiro atoms. The van der Waals surface area contributed by atoms with Gasteiger partial charge < -0.3 is 20.3 Å². The highest BCUT2D eigenvalue weighted by Gasteiger charge is 2.12. The molecule has 1 aliphatic carbocycles. The summed E-state index contributed by atoms with van der Waals surface area (Å²) < 4.78 is 5.17. The van der Waals surface area contributed by atoms with Crippen LogP contribution in [0.2, 0.25) is 0 Å². The average molecular weight is 344 g/mol. The van der Waals surface area contributed by atoms with Crippen LogP contribution in [0, 0.1) is 0 Å². The van der Waals surface area contributed by atoms with Gasteiger partial charge in [-0.25, -0.2) is 4.99 Å². The summed E-state index contributed by atoms with van der Waals surface area (Å²) in [4.78, 5) is 17.8. The second-order valence-corrected chi connectivity index (χ2v) is 6.26. The molecule has 0 aliphatic heterocycles. The summed E-state index contributed by atoms with van der Waals surface area (Å²) in [7, 11) is 5.14. The number of amides is 1. The quantitative estimate of drug-likeness (QED) is 0.448. The van der Waals surface area contributed by atoms with Crippen molar-refractivity contribution in [2.45, 2.75) is 25.3 Å². The molecule has 0 saturated heterocycles. The summed E-state index contributed by atoms with van der Waals surface area (Å²) in [6.45, 7) is 0.888. The zero-order valence-electron chi connectivity index (χ0n) is 15.3. The number of hydrogen-bond acceptors (Lipinski definition) is 3. The smallest absolute Gasteiger partial charge is 0.243 e. The molecular weight excluding hydrogens is 316 g/mol. The maximum Gasteiger partial charge on any atom is 0.243 e. The lowest BCUT2D eigenvalue weighted by Gasteiger charge is -2.18. The first kappa shape index (κ1) is 18.8. The Kier molecular flexibility index (Phi) is 7.32.